The van der Waals surface area contributed by atoms with Crippen molar-refractivity contribution in [2.75, 3.05) is 34.5 Å². The molecule has 2 aromatic carbocycles. The Morgan fingerprint density at radius 3 is 2.65 bits per heavy atom. The molecular weight excluding hydrogens is 414 g/mol. The molecule has 0 spiro atoms. The van der Waals surface area contributed by atoms with E-state index in [0.717, 1.165) is 24.5 Å². The molecule has 1 heterocycles. The predicted molar refractivity (Wildman–Crippen MR) is 125 cm³/mol. The number of phenols is 1. The molecule has 4 N–H and O–H groups in total. The van der Waals surface area contributed by atoms with E-state index in [0.29, 0.717) is 16.7 Å². The maximum Gasteiger partial charge on any atom is 0.240 e. The first-order valence-electron chi connectivity index (χ1n) is 9.86. The van der Waals surface area contributed by atoms with Gasteiger partial charge in [-0.15, -0.1) is 5.10 Å². The summed E-state index contributed by atoms with van der Waals surface area (Å²) in [6.45, 7) is 6.10. The smallest absolute Gasteiger partial charge is 0.240 e. The fourth-order valence-electron chi connectivity index (χ4n) is 2.79. The van der Waals surface area contributed by atoms with Crippen LogP contribution in [0.4, 0.5) is 17.3 Å². The molecule has 1 amide bonds. The summed E-state index contributed by atoms with van der Waals surface area (Å²) in [7, 11) is 0. The van der Waals surface area contributed by atoms with E-state index in [-0.39, 0.29) is 17.4 Å². The lowest BCUT2D eigenvalue weighted by molar-refractivity contribution is -0.113. The van der Waals surface area contributed by atoms with Gasteiger partial charge in [-0.3, -0.25) is 4.79 Å². The van der Waals surface area contributed by atoms with Crippen LogP contribution in [0.5, 0.6) is 5.75 Å². The van der Waals surface area contributed by atoms with E-state index in [1.54, 1.807) is 24.3 Å². The number of rotatable bonds is 10. The van der Waals surface area contributed by atoms with Crippen molar-refractivity contribution in [3.63, 3.8) is 0 Å². The molecule has 1 aromatic heterocycles. The minimum absolute atomic E-state index is 0.135. The van der Waals surface area contributed by atoms with Crippen LogP contribution >= 0.6 is 11.8 Å². The van der Waals surface area contributed by atoms with Crippen molar-refractivity contribution in [1.29, 1.82) is 0 Å². The van der Waals surface area contributed by atoms with Crippen molar-refractivity contribution in [3.05, 3.63) is 54.1 Å². The number of hydrogen-bond acceptors (Lipinski definition) is 8. The quantitative estimate of drug-likeness (QED) is 0.217. The molecule has 0 bridgehead atoms. The SMILES string of the molecule is CCN(CC)c1ccc(NC(=O)CSc2n[nH]c(N/N=C\c3ccccc3O)n2)cc1. The summed E-state index contributed by atoms with van der Waals surface area (Å²) >= 11 is 1.21. The fraction of sp³-hybridized carbons (Fsp3) is 0.238. The van der Waals surface area contributed by atoms with Crippen LogP contribution in [0.1, 0.15) is 19.4 Å². The lowest BCUT2D eigenvalue weighted by Crippen LogP contribution is -2.21. The van der Waals surface area contributed by atoms with Crippen LogP contribution < -0.4 is 15.6 Å². The predicted octanol–water partition coefficient (Wildman–Crippen LogP) is 3.53. The normalized spacial score (nSPS) is 10.9. The number of H-pyrrole nitrogens is 1. The first kappa shape index (κ1) is 22.2. The molecule has 9 nitrogen and oxygen atoms in total. The standard InChI is InChI=1S/C21H25N7O2S/c1-3-28(4-2)17-11-9-16(10-12-17)23-19(30)14-31-21-24-20(26-27-21)25-22-13-15-7-5-6-8-18(15)29/h5-13,29H,3-4,14H2,1-2H3,(H,23,30)(H2,24,25,26,27)/b22-13-. The Kier molecular flexibility index (Phi) is 7.88. The molecule has 31 heavy (non-hydrogen) atoms. The minimum Gasteiger partial charge on any atom is -0.507 e. The highest BCUT2D eigenvalue weighted by Gasteiger charge is 2.09. The lowest BCUT2D eigenvalue weighted by Gasteiger charge is -2.21. The van der Waals surface area contributed by atoms with E-state index in [9.17, 15) is 9.90 Å². The molecule has 0 saturated carbocycles. The highest BCUT2D eigenvalue weighted by Crippen LogP contribution is 2.19. The van der Waals surface area contributed by atoms with Crippen LogP contribution in [0, 0.1) is 0 Å². The number of aromatic amines is 1. The zero-order valence-electron chi connectivity index (χ0n) is 17.4. The number of nitrogens with zero attached hydrogens (tertiary/aromatic N) is 4. The van der Waals surface area contributed by atoms with Crippen molar-refractivity contribution in [3.8, 4) is 5.75 Å². The molecule has 0 unspecified atom stereocenters. The van der Waals surface area contributed by atoms with E-state index in [4.69, 9.17) is 0 Å². The molecule has 0 fully saturated rings. The van der Waals surface area contributed by atoms with E-state index in [1.165, 1.54) is 18.0 Å². The van der Waals surface area contributed by atoms with Crippen molar-refractivity contribution in [1.82, 2.24) is 15.2 Å². The Morgan fingerprint density at radius 2 is 1.94 bits per heavy atom. The number of phenolic OH excluding ortho intramolecular Hbond substituents is 1. The monoisotopic (exact) mass is 439 g/mol. The van der Waals surface area contributed by atoms with E-state index in [2.05, 4.69) is 49.8 Å². The van der Waals surface area contributed by atoms with E-state index in [1.807, 2.05) is 24.3 Å². The average molecular weight is 440 g/mol. The number of amides is 1. The molecule has 0 aliphatic rings. The molecule has 0 radical (unpaired) electrons. The molecular formula is C21H25N7O2S. The number of hydrogen-bond donors (Lipinski definition) is 4. The van der Waals surface area contributed by atoms with Gasteiger partial charge in [0.1, 0.15) is 5.75 Å². The largest absolute Gasteiger partial charge is 0.507 e. The third-order valence-electron chi connectivity index (χ3n) is 4.39. The van der Waals surface area contributed by atoms with Gasteiger partial charge in [0.05, 0.1) is 12.0 Å². The summed E-state index contributed by atoms with van der Waals surface area (Å²) in [6.07, 6.45) is 1.48. The van der Waals surface area contributed by atoms with Gasteiger partial charge in [-0.2, -0.15) is 10.1 Å². The number of thioether (sulfide) groups is 1. The molecule has 0 atom stereocenters. The summed E-state index contributed by atoms with van der Waals surface area (Å²) in [5.74, 6) is 0.505. The second-order valence-corrected chi connectivity index (χ2v) is 7.39. The summed E-state index contributed by atoms with van der Waals surface area (Å²) in [6, 6.07) is 14.6. The van der Waals surface area contributed by atoms with Gasteiger partial charge in [-0.25, -0.2) is 10.5 Å². The van der Waals surface area contributed by atoms with Crippen molar-refractivity contribution >= 4 is 41.2 Å². The second-order valence-electron chi connectivity index (χ2n) is 6.45. The Balaban J connectivity index is 1.45. The number of nitrogens with one attached hydrogen (secondary N) is 3. The minimum atomic E-state index is -0.141. The second kappa shape index (κ2) is 11.0. The summed E-state index contributed by atoms with van der Waals surface area (Å²) in [4.78, 5) is 18.7. The Bertz CT molecular complexity index is 1020. The van der Waals surface area contributed by atoms with Crippen LogP contribution in [0.25, 0.3) is 0 Å². The first-order chi connectivity index (χ1) is 15.1. The number of para-hydroxylation sites is 1. The Morgan fingerprint density at radius 1 is 1.19 bits per heavy atom. The van der Waals surface area contributed by atoms with Crippen molar-refractivity contribution < 1.29 is 9.90 Å². The first-order valence-corrected chi connectivity index (χ1v) is 10.8. The molecule has 0 saturated heterocycles. The van der Waals surface area contributed by atoms with Crippen LogP contribution in [-0.4, -0.2) is 51.3 Å². The van der Waals surface area contributed by atoms with E-state index >= 15 is 0 Å². The Hall–Kier alpha value is -3.53. The van der Waals surface area contributed by atoms with Gasteiger partial charge < -0.3 is 15.3 Å². The number of anilines is 3. The van der Waals surface area contributed by atoms with Crippen LogP contribution in [0.15, 0.2) is 58.8 Å². The maximum atomic E-state index is 12.2. The van der Waals surface area contributed by atoms with Gasteiger partial charge >= 0.3 is 0 Å². The maximum absolute atomic E-state index is 12.2. The summed E-state index contributed by atoms with van der Waals surface area (Å²) in [5.41, 5.74) is 5.15. The average Bonchev–Trinajstić information content (AvgIpc) is 3.23. The van der Waals surface area contributed by atoms with Crippen LogP contribution in [0.2, 0.25) is 0 Å². The van der Waals surface area contributed by atoms with Gasteiger partial charge in [0, 0.05) is 30.0 Å². The zero-order valence-corrected chi connectivity index (χ0v) is 18.2. The number of benzene rings is 2. The van der Waals surface area contributed by atoms with Crippen LogP contribution in [0.3, 0.4) is 0 Å². The molecule has 3 aromatic rings. The third-order valence-corrected chi connectivity index (χ3v) is 5.24. The molecule has 3 rings (SSSR count). The van der Waals surface area contributed by atoms with Gasteiger partial charge in [-0.1, -0.05) is 23.9 Å². The summed E-state index contributed by atoms with van der Waals surface area (Å²) in [5, 5.41) is 23.8. The Labute approximate surface area is 185 Å². The lowest BCUT2D eigenvalue weighted by atomic mass is 10.2. The molecule has 0 aliphatic carbocycles. The van der Waals surface area contributed by atoms with Gasteiger partial charge in [0.25, 0.3) is 0 Å². The molecule has 162 valence electrons. The number of aromatic nitrogens is 3. The van der Waals surface area contributed by atoms with Gasteiger partial charge in [-0.05, 0) is 50.2 Å². The van der Waals surface area contributed by atoms with Crippen molar-refractivity contribution in [2.45, 2.75) is 19.0 Å². The number of aromatic hydroxyl groups is 1. The zero-order chi connectivity index (χ0) is 22.1. The van der Waals surface area contributed by atoms with Crippen molar-refractivity contribution in [2.24, 2.45) is 5.10 Å². The fourth-order valence-corrected chi connectivity index (χ4v) is 3.39. The van der Waals surface area contributed by atoms with E-state index < -0.39 is 0 Å². The molecule has 10 heteroatoms. The topological polar surface area (TPSA) is 119 Å². The number of carbonyl (C=O) groups excluding carboxylic acids is 1. The number of carbonyl (C=O) groups is 1. The number of hydrazone groups is 1. The highest BCUT2D eigenvalue weighted by molar-refractivity contribution is 7.99. The van der Waals surface area contributed by atoms with Gasteiger partial charge in [0.2, 0.25) is 17.0 Å². The van der Waals surface area contributed by atoms with Crippen LogP contribution in [-0.2, 0) is 4.79 Å². The molecule has 0 aliphatic heterocycles. The van der Waals surface area contributed by atoms with Gasteiger partial charge in [0.15, 0.2) is 0 Å². The third kappa shape index (κ3) is 6.48. The highest BCUT2D eigenvalue weighted by atomic mass is 32.2. The summed E-state index contributed by atoms with van der Waals surface area (Å²) < 4.78 is 0.